The second kappa shape index (κ2) is 7.04. The second-order valence-electron chi connectivity index (χ2n) is 6.84. The molecule has 3 unspecified atom stereocenters. The zero-order chi connectivity index (χ0) is 16.2. The Morgan fingerprint density at radius 2 is 2.23 bits per heavy atom. The van der Waals surface area contributed by atoms with Gasteiger partial charge < -0.3 is 15.4 Å². The minimum Gasteiger partial charge on any atom is -0.444 e. The molecule has 0 aliphatic heterocycles. The average molecular weight is 310 g/mol. The fraction of sp³-hybridized carbons (Fsp3) is 0.857. The lowest BCUT2D eigenvalue weighted by Crippen LogP contribution is -2.41. The van der Waals surface area contributed by atoms with Gasteiger partial charge in [0.15, 0.2) is 5.82 Å². The van der Waals surface area contributed by atoms with Gasteiger partial charge in [-0.1, -0.05) is 11.6 Å². The first-order valence-corrected chi connectivity index (χ1v) is 7.81. The summed E-state index contributed by atoms with van der Waals surface area (Å²) >= 11 is 0. The Kier molecular flexibility index (Phi) is 5.33. The van der Waals surface area contributed by atoms with E-state index in [9.17, 15) is 4.79 Å². The number of tetrazole rings is 1. The Morgan fingerprint density at radius 3 is 2.86 bits per heavy atom. The molecule has 1 fully saturated rings. The number of nitrogens with zero attached hydrogens (tertiary/aromatic N) is 3. The Morgan fingerprint density at radius 1 is 1.45 bits per heavy atom. The van der Waals surface area contributed by atoms with Crippen LogP contribution in [0.5, 0.6) is 0 Å². The molecule has 1 aromatic heterocycles. The van der Waals surface area contributed by atoms with Gasteiger partial charge in [-0.3, -0.25) is 0 Å². The summed E-state index contributed by atoms with van der Waals surface area (Å²) in [6.45, 7) is 8.21. The van der Waals surface area contributed by atoms with E-state index in [0.29, 0.717) is 24.3 Å². The van der Waals surface area contributed by atoms with Crippen LogP contribution in [0.15, 0.2) is 0 Å². The minimum absolute atomic E-state index is 0.0332. The summed E-state index contributed by atoms with van der Waals surface area (Å²) in [5, 5.41) is 20.4. The number of alkyl carbamates (subject to hydrolysis) is 1. The van der Waals surface area contributed by atoms with E-state index in [1.165, 1.54) is 0 Å². The van der Waals surface area contributed by atoms with Crippen LogP contribution >= 0.6 is 0 Å². The monoisotopic (exact) mass is 310 g/mol. The number of carbonyl (C=O) groups excluding carboxylic acids is 1. The highest BCUT2D eigenvalue weighted by atomic mass is 16.6. The van der Waals surface area contributed by atoms with Gasteiger partial charge in [-0.25, -0.2) is 4.79 Å². The largest absolute Gasteiger partial charge is 0.444 e. The molecule has 22 heavy (non-hydrogen) atoms. The first-order chi connectivity index (χ1) is 10.3. The van der Waals surface area contributed by atoms with E-state index >= 15 is 0 Å². The lowest BCUT2D eigenvalue weighted by Gasteiger charge is -2.25. The molecule has 3 atom stereocenters. The summed E-state index contributed by atoms with van der Waals surface area (Å²) in [5.74, 6) is 1.05. The predicted octanol–water partition coefficient (Wildman–Crippen LogP) is 1.54. The molecule has 0 aromatic carbocycles. The van der Waals surface area contributed by atoms with Gasteiger partial charge in [0.25, 0.3) is 0 Å². The highest BCUT2D eigenvalue weighted by molar-refractivity contribution is 5.67. The van der Waals surface area contributed by atoms with Crippen LogP contribution in [0.2, 0.25) is 0 Å². The molecule has 0 bridgehead atoms. The average Bonchev–Trinajstić information content (AvgIpc) is 3.05. The van der Waals surface area contributed by atoms with Crippen molar-refractivity contribution in [1.82, 2.24) is 31.3 Å². The maximum Gasteiger partial charge on any atom is 0.407 e. The second-order valence-corrected chi connectivity index (χ2v) is 6.84. The molecule has 2 rings (SSSR count). The van der Waals surface area contributed by atoms with Crippen LogP contribution in [-0.2, 0) is 4.74 Å². The van der Waals surface area contributed by atoms with Crippen LogP contribution < -0.4 is 10.6 Å². The number of aromatic amines is 1. The van der Waals surface area contributed by atoms with Gasteiger partial charge in [0.05, 0.1) is 6.04 Å². The number of ether oxygens (including phenoxy) is 1. The molecule has 1 saturated carbocycles. The highest BCUT2D eigenvalue weighted by Crippen LogP contribution is 2.27. The van der Waals surface area contributed by atoms with Crippen molar-refractivity contribution in [3.8, 4) is 0 Å². The first kappa shape index (κ1) is 16.7. The van der Waals surface area contributed by atoms with Crippen LogP contribution in [0.4, 0.5) is 4.79 Å². The molecule has 1 amide bonds. The number of aromatic nitrogens is 4. The molecule has 0 radical (unpaired) electrons. The van der Waals surface area contributed by atoms with Gasteiger partial charge >= 0.3 is 6.09 Å². The zero-order valence-corrected chi connectivity index (χ0v) is 13.7. The molecular formula is C14H26N6O2. The van der Waals surface area contributed by atoms with E-state index in [0.717, 1.165) is 19.3 Å². The number of amides is 1. The van der Waals surface area contributed by atoms with Gasteiger partial charge in [-0.2, -0.15) is 5.21 Å². The molecule has 8 heteroatoms. The Bertz CT molecular complexity index is 470. The number of carbonyl (C=O) groups is 1. The number of nitrogens with one attached hydrogen (secondary N) is 3. The molecule has 3 N–H and O–H groups in total. The first-order valence-electron chi connectivity index (χ1n) is 7.81. The number of rotatable bonds is 5. The standard InChI is InChI=1S/C14H26N6O2/c1-9(12-17-19-20-18-12)16-11-7-5-6-10(11)8-15-13(21)22-14(2,3)4/h9-11,16H,5-8H2,1-4H3,(H,15,21)(H,17,18,19,20). The van der Waals surface area contributed by atoms with Gasteiger partial charge in [0.1, 0.15) is 5.60 Å². The highest BCUT2D eigenvalue weighted by Gasteiger charge is 2.30. The van der Waals surface area contributed by atoms with Gasteiger partial charge in [-0.05, 0) is 46.5 Å². The van der Waals surface area contributed by atoms with Crippen LogP contribution in [0.25, 0.3) is 0 Å². The van der Waals surface area contributed by atoms with Crippen molar-refractivity contribution in [1.29, 1.82) is 0 Å². The van der Waals surface area contributed by atoms with Crippen LogP contribution in [-0.4, -0.2) is 44.9 Å². The maximum absolute atomic E-state index is 11.7. The van der Waals surface area contributed by atoms with Crippen molar-refractivity contribution in [2.45, 2.75) is 64.6 Å². The van der Waals surface area contributed by atoms with E-state index in [4.69, 9.17) is 4.74 Å². The molecule has 0 saturated heterocycles. The Balaban J connectivity index is 1.79. The van der Waals surface area contributed by atoms with Crippen LogP contribution in [0.1, 0.15) is 58.8 Å². The SMILES string of the molecule is CC(NC1CCCC1CNC(=O)OC(C)(C)C)c1nn[nH]n1. The van der Waals surface area contributed by atoms with Crippen molar-refractivity contribution in [3.63, 3.8) is 0 Å². The third kappa shape index (κ3) is 4.94. The van der Waals surface area contributed by atoms with Crippen molar-refractivity contribution >= 4 is 6.09 Å². The lowest BCUT2D eigenvalue weighted by atomic mass is 10.0. The molecular weight excluding hydrogens is 284 g/mol. The summed E-state index contributed by atoms with van der Waals surface area (Å²) < 4.78 is 5.27. The zero-order valence-electron chi connectivity index (χ0n) is 13.7. The summed E-state index contributed by atoms with van der Waals surface area (Å²) in [5.41, 5.74) is -0.468. The number of H-pyrrole nitrogens is 1. The van der Waals surface area contributed by atoms with Crippen LogP contribution in [0, 0.1) is 5.92 Å². The van der Waals surface area contributed by atoms with Gasteiger partial charge in [0.2, 0.25) is 0 Å². The summed E-state index contributed by atoms with van der Waals surface area (Å²) in [6.07, 6.45) is 2.97. The maximum atomic E-state index is 11.7. The quantitative estimate of drug-likeness (QED) is 0.762. The molecule has 1 aliphatic carbocycles. The third-order valence-electron chi connectivity index (χ3n) is 3.78. The topological polar surface area (TPSA) is 105 Å². The van der Waals surface area contributed by atoms with E-state index < -0.39 is 5.60 Å². The molecule has 124 valence electrons. The molecule has 8 nitrogen and oxygen atoms in total. The lowest BCUT2D eigenvalue weighted by molar-refractivity contribution is 0.0517. The van der Waals surface area contributed by atoms with E-state index in [1.807, 2.05) is 27.7 Å². The van der Waals surface area contributed by atoms with Crippen molar-refractivity contribution in [3.05, 3.63) is 5.82 Å². The fourth-order valence-corrected chi connectivity index (χ4v) is 2.78. The minimum atomic E-state index is -0.468. The molecule has 1 aliphatic rings. The Labute approximate surface area is 130 Å². The van der Waals surface area contributed by atoms with Gasteiger partial charge in [-0.15, -0.1) is 10.2 Å². The molecule has 0 spiro atoms. The van der Waals surface area contributed by atoms with E-state index in [1.54, 1.807) is 0 Å². The van der Waals surface area contributed by atoms with E-state index in [-0.39, 0.29) is 12.1 Å². The fourth-order valence-electron chi connectivity index (χ4n) is 2.78. The van der Waals surface area contributed by atoms with Gasteiger partial charge in [0, 0.05) is 12.6 Å². The predicted molar refractivity (Wildman–Crippen MR) is 81.1 cm³/mol. The summed E-state index contributed by atoms with van der Waals surface area (Å²) in [4.78, 5) is 11.7. The summed E-state index contributed by atoms with van der Waals surface area (Å²) in [6, 6.07) is 0.370. The third-order valence-corrected chi connectivity index (χ3v) is 3.78. The Hall–Kier alpha value is -1.70. The molecule has 1 heterocycles. The number of hydrogen-bond acceptors (Lipinski definition) is 6. The van der Waals surface area contributed by atoms with Crippen LogP contribution in [0.3, 0.4) is 0 Å². The number of hydrogen-bond donors (Lipinski definition) is 3. The van der Waals surface area contributed by atoms with Crippen molar-refractivity contribution in [2.75, 3.05) is 6.54 Å². The van der Waals surface area contributed by atoms with Crippen molar-refractivity contribution < 1.29 is 9.53 Å². The van der Waals surface area contributed by atoms with Crippen molar-refractivity contribution in [2.24, 2.45) is 5.92 Å². The normalized spacial score (nSPS) is 23.3. The van der Waals surface area contributed by atoms with E-state index in [2.05, 4.69) is 31.3 Å². The summed E-state index contributed by atoms with van der Waals surface area (Å²) in [7, 11) is 0. The molecule has 1 aromatic rings. The smallest absolute Gasteiger partial charge is 0.407 e.